The van der Waals surface area contributed by atoms with Crippen LogP contribution in [0.3, 0.4) is 0 Å². The molecule has 3 N–H and O–H groups in total. The number of carbonyl (C=O) groups excluding carboxylic acids is 1. The van der Waals surface area contributed by atoms with Gasteiger partial charge in [0, 0.05) is 32.4 Å². The summed E-state index contributed by atoms with van der Waals surface area (Å²) >= 11 is 0. The topological polar surface area (TPSA) is 135 Å². The van der Waals surface area contributed by atoms with Crippen LogP contribution in [-0.4, -0.2) is 75.3 Å². The number of rotatable bonds is 8. The van der Waals surface area contributed by atoms with Gasteiger partial charge in [0.05, 0.1) is 29.1 Å². The molecule has 3 aromatic heterocycles. The monoisotopic (exact) mass is 488 g/mol. The number of nitrogens with zero attached hydrogens (tertiary/aromatic N) is 6. The number of anilines is 1. The summed E-state index contributed by atoms with van der Waals surface area (Å²) in [6.07, 6.45) is 5.44. The molecule has 0 aliphatic carbocycles. The number of benzene rings is 1. The highest BCUT2D eigenvalue weighted by Gasteiger charge is 2.24. The summed E-state index contributed by atoms with van der Waals surface area (Å²) in [6.45, 7) is 8.81. The fraction of sp³-hybridized carbons (Fsp3) is 0.320. The van der Waals surface area contributed by atoms with Crippen molar-refractivity contribution < 1.29 is 14.3 Å². The first-order valence-electron chi connectivity index (χ1n) is 11.9. The van der Waals surface area contributed by atoms with Gasteiger partial charge in [0.25, 0.3) is 0 Å². The van der Waals surface area contributed by atoms with E-state index in [2.05, 4.69) is 31.6 Å². The van der Waals surface area contributed by atoms with Crippen molar-refractivity contribution in [2.24, 2.45) is 5.73 Å². The van der Waals surface area contributed by atoms with Gasteiger partial charge >= 0.3 is 6.01 Å². The second-order valence-electron chi connectivity index (χ2n) is 8.49. The summed E-state index contributed by atoms with van der Waals surface area (Å²) in [6, 6.07) is 6.02. The zero-order valence-electron chi connectivity index (χ0n) is 20.1. The molecule has 1 aliphatic rings. The number of hydrogen-bond donors (Lipinski definition) is 2. The molecule has 0 saturated carbocycles. The van der Waals surface area contributed by atoms with E-state index in [9.17, 15) is 4.79 Å². The molecule has 186 valence electrons. The van der Waals surface area contributed by atoms with Gasteiger partial charge in [-0.05, 0) is 43.7 Å². The third-order valence-electron chi connectivity index (χ3n) is 6.16. The third-order valence-corrected chi connectivity index (χ3v) is 6.16. The van der Waals surface area contributed by atoms with Crippen LogP contribution in [0.1, 0.15) is 12.0 Å². The molecule has 36 heavy (non-hydrogen) atoms. The molecule has 1 amide bonds. The molecular weight excluding hydrogens is 460 g/mol. The summed E-state index contributed by atoms with van der Waals surface area (Å²) in [4.78, 5) is 29.8. The minimum Gasteiger partial charge on any atom is -0.463 e. The van der Waals surface area contributed by atoms with Gasteiger partial charge in [0.2, 0.25) is 11.8 Å². The number of piperazine rings is 1. The number of carbonyl (C=O) groups is 1. The molecule has 1 aliphatic heterocycles. The Morgan fingerprint density at radius 1 is 1.19 bits per heavy atom. The van der Waals surface area contributed by atoms with E-state index < -0.39 is 0 Å². The van der Waals surface area contributed by atoms with Gasteiger partial charge in [-0.25, -0.2) is 4.98 Å². The highest BCUT2D eigenvalue weighted by atomic mass is 16.5. The normalized spacial score (nSPS) is 13.8. The molecule has 0 bridgehead atoms. The molecule has 11 heteroatoms. The number of aromatic nitrogens is 5. The third kappa shape index (κ3) is 4.52. The van der Waals surface area contributed by atoms with Crippen LogP contribution in [0.2, 0.25) is 0 Å². The Morgan fingerprint density at radius 2 is 2.03 bits per heavy atom. The Morgan fingerprint density at radius 3 is 2.81 bits per heavy atom. The smallest absolute Gasteiger partial charge is 0.319 e. The second-order valence-corrected chi connectivity index (χ2v) is 8.49. The number of fused-ring (bicyclic) bond motifs is 2. The zero-order chi connectivity index (χ0) is 25.1. The Kier molecular flexibility index (Phi) is 6.63. The molecule has 0 unspecified atom stereocenters. The Hall–Kier alpha value is -4.25. The van der Waals surface area contributed by atoms with Crippen molar-refractivity contribution in [1.82, 2.24) is 30.0 Å². The van der Waals surface area contributed by atoms with Crippen LogP contribution >= 0.6 is 0 Å². The molecule has 0 atom stereocenters. The van der Waals surface area contributed by atoms with Gasteiger partial charge in [-0.1, -0.05) is 12.6 Å². The van der Waals surface area contributed by atoms with E-state index in [1.165, 1.54) is 6.08 Å². The fourth-order valence-corrected chi connectivity index (χ4v) is 4.22. The van der Waals surface area contributed by atoms with Crippen LogP contribution in [-0.2, 0) is 4.79 Å². The van der Waals surface area contributed by atoms with Gasteiger partial charge < -0.3 is 25.0 Å². The maximum Gasteiger partial charge on any atom is 0.319 e. The molecule has 4 aromatic rings. The number of pyridine rings is 1. The number of aryl methyl sites for hydroxylation is 1. The lowest BCUT2D eigenvalue weighted by Crippen LogP contribution is -2.48. The quantitative estimate of drug-likeness (QED) is 0.283. The maximum absolute atomic E-state index is 12.0. The van der Waals surface area contributed by atoms with Gasteiger partial charge in [-0.3, -0.25) is 9.89 Å². The van der Waals surface area contributed by atoms with Crippen molar-refractivity contribution in [3.8, 4) is 17.6 Å². The number of hydrogen-bond acceptors (Lipinski definition) is 9. The largest absolute Gasteiger partial charge is 0.463 e. The van der Waals surface area contributed by atoms with Gasteiger partial charge in [-0.15, -0.1) is 0 Å². The van der Waals surface area contributed by atoms with Crippen LogP contribution in [0.15, 0.2) is 43.2 Å². The fourth-order valence-electron chi connectivity index (χ4n) is 4.22. The first-order chi connectivity index (χ1) is 17.6. The number of ether oxygens (including phenoxy) is 2. The van der Waals surface area contributed by atoms with Crippen molar-refractivity contribution >= 4 is 33.5 Å². The number of aromatic amines is 1. The average Bonchev–Trinajstić information content (AvgIpc) is 3.39. The second kappa shape index (κ2) is 10.2. The van der Waals surface area contributed by atoms with Gasteiger partial charge in [-0.2, -0.15) is 15.1 Å². The lowest BCUT2D eigenvalue weighted by molar-refractivity contribution is -0.126. The molecule has 11 nitrogen and oxygen atoms in total. The summed E-state index contributed by atoms with van der Waals surface area (Å²) in [5.74, 6) is 1.64. The lowest BCUT2D eigenvalue weighted by atomic mass is 10.1. The van der Waals surface area contributed by atoms with E-state index in [0.717, 1.165) is 21.9 Å². The van der Waals surface area contributed by atoms with Crippen LogP contribution in [0.4, 0.5) is 5.82 Å². The van der Waals surface area contributed by atoms with Crippen LogP contribution in [0.5, 0.6) is 17.6 Å². The van der Waals surface area contributed by atoms with E-state index >= 15 is 0 Å². The molecule has 0 radical (unpaired) electrons. The van der Waals surface area contributed by atoms with Crippen molar-refractivity contribution in [3.05, 3.63) is 48.8 Å². The van der Waals surface area contributed by atoms with E-state index in [1.54, 1.807) is 17.3 Å². The van der Waals surface area contributed by atoms with Crippen molar-refractivity contribution in [1.29, 1.82) is 0 Å². The standard InChI is InChI=1S/C25H28N8O3/c1-3-20(34)32-10-12-33(13-11-32)23-17-7-9-27-24(21(17)29-25(30-23)35-14-4-8-26)36-22-16(2)5-6-19-18(22)15-28-31-19/h3,5-7,9,15H,1,4,8,10-14,26H2,2H3,(H,28,31). The number of nitrogens with two attached hydrogens (primary N) is 1. The summed E-state index contributed by atoms with van der Waals surface area (Å²) in [7, 11) is 0. The zero-order valence-corrected chi connectivity index (χ0v) is 20.1. The lowest BCUT2D eigenvalue weighted by Gasteiger charge is -2.35. The maximum atomic E-state index is 12.0. The first-order valence-corrected chi connectivity index (χ1v) is 11.9. The van der Waals surface area contributed by atoms with Gasteiger partial charge in [0.1, 0.15) is 17.1 Å². The SMILES string of the molecule is C=CC(=O)N1CCN(c2nc(OCCCN)nc3c(Oc4c(C)ccc5[nH]ncc45)nccc23)CC1. The molecule has 1 saturated heterocycles. The first kappa shape index (κ1) is 23.5. The Balaban J connectivity index is 1.55. The van der Waals surface area contributed by atoms with Crippen LogP contribution in [0, 0.1) is 6.92 Å². The Labute approximate surface area is 207 Å². The van der Waals surface area contributed by atoms with E-state index in [-0.39, 0.29) is 11.9 Å². The van der Waals surface area contributed by atoms with Crippen molar-refractivity contribution in [2.45, 2.75) is 13.3 Å². The Bertz CT molecular complexity index is 1410. The van der Waals surface area contributed by atoms with Gasteiger partial charge in [0.15, 0.2) is 0 Å². The van der Waals surface area contributed by atoms with Crippen LogP contribution in [0.25, 0.3) is 21.8 Å². The highest BCUT2D eigenvalue weighted by molar-refractivity contribution is 5.94. The molecule has 4 heterocycles. The molecule has 0 spiro atoms. The van der Waals surface area contributed by atoms with Crippen molar-refractivity contribution in [3.63, 3.8) is 0 Å². The minimum absolute atomic E-state index is 0.0725. The minimum atomic E-state index is -0.0725. The predicted molar refractivity (Wildman–Crippen MR) is 136 cm³/mol. The molecule has 1 fully saturated rings. The van der Waals surface area contributed by atoms with E-state index in [1.807, 2.05) is 25.1 Å². The summed E-state index contributed by atoms with van der Waals surface area (Å²) in [5.41, 5.74) is 7.98. The highest BCUT2D eigenvalue weighted by Crippen LogP contribution is 2.36. The predicted octanol–water partition coefficient (Wildman–Crippen LogP) is 2.56. The van der Waals surface area contributed by atoms with E-state index in [0.29, 0.717) is 68.7 Å². The summed E-state index contributed by atoms with van der Waals surface area (Å²) in [5, 5.41) is 8.75. The van der Waals surface area contributed by atoms with Crippen molar-refractivity contribution in [2.75, 3.05) is 44.2 Å². The van der Waals surface area contributed by atoms with Crippen LogP contribution < -0.4 is 20.1 Å². The molecule has 1 aromatic carbocycles. The number of nitrogens with one attached hydrogen (secondary N) is 1. The molecular formula is C25H28N8O3. The number of H-pyrrole nitrogens is 1. The average molecular weight is 489 g/mol. The molecule has 5 rings (SSSR count). The van der Waals surface area contributed by atoms with E-state index in [4.69, 9.17) is 20.2 Å². The summed E-state index contributed by atoms with van der Waals surface area (Å²) < 4.78 is 12.2. The number of amides is 1.